The second kappa shape index (κ2) is 10.1. The molecule has 6 nitrogen and oxygen atoms in total. The van der Waals surface area contributed by atoms with Crippen molar-refractivity contribution in [2.24, 2.45) is 0 Å². The van der Waals surface area contributed by atoms with Gasteiger partial charge in [0.2, 0.25) is 5.78 Å². The summed E-state index contributed by atoms with van der Waals surface area (Å²) in [4.78, 5) is 25.5. The number of ether oxygens (including phenoxy) is 4. The Bertz CT molecular complexity index is 963. The Labute approximate surface area is 175 Å². The normalized spacial score (nSPS) is 11.3. The summed E-state index contributed by atoms with van der Waals surface area (Å²) in [7, 11) is 3.00. The second-order valence-corrected chi connectivity index (χ2v) is 6.40. The largest absolute Gasteiger partial charge is 0.509 e. The first-order valence-electron chi connectivity index (χ1n) is 9.30. The van der Waals surface area contributed by atoms with Gasteiger partial charge in [-0.2, -0.15) is 0 Å². The maximum absolute atomic E-state index is 13.1. The topological polar surface area (TPSA) is 71.1 Å². The molecule has 1 unspecified atom stereocenters. The third-order valence-corrected chi connectivity index (χ3v) is 4.39. The first-order chi connectivity index (χ1) is 14.6. The van der Waals surface area contributed by atoms with Gasteiger partial charge in [-0.1, -0.05) is 60.7 Å². The molecule has 0 bridgehead atoms. The van der Waals surface area contributed by atoms with Crippen molar-refractivity contribution in [2.75, 3.05) is 14.2 Å². The van der Waals surface area contributed by atoms with Crippen LogP contribution < -0.4 is 9.47 Å². The van der Waals surface area contributed by atoms with Crippen LogP contribution >= 0.6 is 0 Å². The van der Waals surface area contributed by atoms with Gasteiger partial charge in [-0.15, -0.1) is 0 Å². The summed E-state index contributed by atoms with van der Waals surface area (Å²) in [6.45, 7) is 0.0351. The summed E-state index contributed by atoms with van der Waals surface area (Å²) in [6.07, 6.45) is -2.17. The zero-order chi connectivity index (χ0) is 21.3. The van der Waals surface area contributed by atoms with Crippen LogP contribution in [0.5, 0.6) is 11.5 Å². The van der Waals surface area contributed by atoms with Gasteiger partial charge in [0, 0.05) is 17.2 Å². The van der Waals surface area contributed by atoms with Crippen LogP contribution in [0.4, 0.5) is 4.79 Å². The summed E-state index contributed by atoms with van der Waals surface area (Å²) >= 11 is 0. The van der Waals surface area contributed by atoms with Crippen molar-refractivity contribution in [3.05, 3.63) is 95.6 Å². The summed E-state index contributed by atoms with van der Waals surface area (Å²) in [5.74, 6) is 0.551. The van der Waals surface area contributed by atoms with E-state index in [2.05, 4.69) is 0 Å². The van der Waals surface area contributed by atoms with Gasteiger partial charge in [-0.05, 0) is 17.7 Å². The Morgan fingerprint density at radius 3 is 1.93 bits per heavy atom. The lowest BCUT2D eigenvalue weighted by Crippen LogP contribution is -2.21. The third-order valence-electron chi connectivity index (χ3n) is 4.39. The number of rotatable bonds is 8. The van der Waals surface area contributed by atoms with Crippen molar-refractivity contribution < 1.29 is 28.5 Å². The molecule has 1 atom stereocenters. The Morgan fingerprint density at radius 1 is 0.800 bits per heavy atom. The van der Waals surface area contributed by atoms with Gasteiger partial charge in [0.1, 0.15) is 18.1 Å². The highest BCUT2D eigenvalue weighted by Crippen LogP contribution is 2.31. The van der Waals surface area contributed by atoms with Gasteiger partial charge in [-0.3, -0.25) is 4.79 Å². The molecule has 0 saturated carbocycles. The molecule has 0 radical (unpaired) electrons. The number of carbonyl (C=O) groups excluding carboxylic acids is 2. The number of carbonyl (C=O) groups is 2. The molecule has 0 saturated heterocycles. The fourth-order valence-corrected chi connectivity index (χ4v) is 2.85. The van der Waals surface area contributed by atoms with E-state index in [1.807, 2.05) is 30.3 Å². The average molecular weight is 406 g/mol. The minimum absolute atomic E-state index is 0.0351. The lowest BCUT2D eigenvalue weighted by Gasteiger charge is -2.19. The monoisotopic (exact) mass is 406 g/mol. The van der Waals surface area contributed by atoms with Gasteiger partial charge in [-0.25, -0.2) is 4.79 Å². The first kappa shape index (κ1) is 20.9. The van der Waals surface area contributed by atoms with Crippen LogP contribution in [-0.2, 0) is 16.1 Å². The molecule has 3 aromatic rings. The van der Waals surface area contributed by atoms with E-state index in [9.17, 15) is 9.59 Å². The quantitative estimate of drug-likeness (QED) is 0.388. The van der Waals surface area contributed by atoms with Gasteiger partial charge >= 0.3 is 6.16 Å². The van der Waals surface area contributed by atoms with E-state index in [1.54, 1.807) is 48.5 Å². The lowest BCUT2D eigenvalue weighted by atomic mass is 9.99. The van der Waals surface area contributed by atoms with E-state index < -0.39 is 12.3 Å². The Morgan fingerprint density at radius 2 is 1.37 bits per heavy atom. The number of methoxy groups -OCH3 is 2. The summed E-state index contributed by atoms with van der Waals surface area (Å²) in [5, 5.41) is 0. The fraction of sp³-hybridized carbons (Fsp3) is 0.167. The van der Waals surface area contributed by atoms with Crippen LogP contribution in [-0.4, -0.2) is 26.2 Å². The van der Waals surface area contributed by atoms with E-state index in [-0.39, 0.29) is 12.4 Å². The average Bonchev–Trinajstić information content (AvgIpc) is 2.81. The smallest absolute Gasteiger partial charge is 0.497 e. The molecule has 0 heterocycles. The van der Waals surface area contributed by atoms with Crippen molar-refractivity contribution >= 4 is 11.9 Å². The number of benzene rings is 3. The first-order valence-corrected chi connectivity index (χ1v) is 9.30. The van der Waals surface area contributed by atoms with Crippen LogP contribution in [0.3, 0.4) is 0 Å². The van der Waals surface area contributed by atoms with Crippen molar-refractivity contribution in [2.45, 2.75) is 12.7 Å². The molecule has 0 aromatic heterocycles. The van der Waals surface area contributed by atoms with Crippen molar-refractivity contribution in [1.82, 2.24) is 0 Å². The van der Waals surface area contributed by atoms with Crippen molar-refractivity contribution in [3.63, 3.8) is 0 Å². The molecule has 0 aliphatic rings. The molecule has 0 N–H and O–H groups in total. The summed E-state index contributed by atoms with van der Waals surface area (Å²) < 4.78 is 21.2. The molecule has 6 heteroatoms. The molecule has 0 spiro atoms. The van der Waals surface area contributed by atoms with E-state index >= 15 is 0 Å². The molecular weight excluding hydrogens is 384 g/mol. The van der Waals surface area contributed by atoms with E-state index in [4.69, 9.17) is 18.9 Å². The minimum Gasteiger partial charge on any atom is -0.497 e. The van der Waals surface area contributed by atoms with Crippen LogP contribution in [0, 0.1) is 0 Å². The molecule has 0 aliphatic carbocycles. The summed E-state index contributed by atoms with van der Waals surface area (Å²) in [6, 6.07) is 22.7. The van der Waals surface area contributed by atoms with Gasteiger partial charge in [0.25, 0.3) is 0 Å². The van der Waals surface area contributed by atoms with Gasteiger partial charge in [0.15, 0.2) is 6.10 Å². The standard InChI is InChI=1S/C24H22O6/c1-27-20-13-19(14-21(15-20)28-2)23(22(25)18-11-7-4-8-12-18)30-24(26)29-16-17-9-5-3-6-10-17/h3-15,23H,16H2,1-2H3. The number of hydrogen-bond donors (Lipinski definition) is 0. The molecule has 3 aromatic carbocycles. The van der Waals surface area contributed by atoms with Gasteiger partial charge in [0.05, 0.1) is 14.2 Å². The lowest BCUT2D eigenvalue weighted by molar-refractivity contribution is 0.0185. The maximum atomic E-state index is 13.1. The minimum atomic E-state index is -1.22. The summed E-state index contributed by atoms with van der Waals surface area (Å²) in [5.41, 5.74) is 1.63. The molecule has 0 fully saturated rings. The SMILES string of the molecule is COc1cc(OC)cc(C(OC(=O)OCc2ccccc2)C(=O)c2ccccc2)c1. The highest BCUT2D eigenvalue weighted by atomic mass is 16.7. The van der Waals surface area contributed by atoms with Crippen LogP contribution in [0.1, 0.15) is 27.6 Å². The number of Topliss-reactive ketones (excluding diaryl/α,β-unsaturated/α-hetero) is 1. The third kappa shape index (κ3) is 5.38. The van der Waals surface area contributed by atoms with E-state index in [0.717, 1.165) is 5.56 Å². The molecule has 3 rings (SSSR count). The molecule has 154 valence electrons. The van der Waals surface area contributed by atoms with E-state index in [0.29, 0.717) is 22.6 Å². The Balaban J connectivity index is 1.86. The van der Waals surface area contributed by atoms with Crippen LogP contribution in [0.15, 0.2) is 78.9 Å². The maximum Gasteiger partial charge on any atom is 0.509 e. The van der Waals surface area contributed by atoms with Crippen molar-refractivity contribution in [1.29, 1.82) is 0 Å². The predicted octanol–water partition coefficient (Wildman–Crippen LogP) is 4.98. The van der Waals surface area contributed by atoms with Gasteiger partial charge < -0.3 is 18.9 Å². The molecule has 0 amide bonds. The van der Waals surface area contributed by atoms with Crippen LogP contribution in [0.25, 0.3) is 0 Å². The zero-order valence-corrected chi connectivity index (χ0v) is 16.7. The van der Waals surface area contributed by atoms with E-state index in [1.165, 1.54) is 14.2 Å². The Kier molecular flexibility index (Phi) is 7.05. The fourth-order valence-electron chi connectivity index (χ4n) is 2.85. The number of ketones is 1. The highest BCUT2D eigenvalue weighted by molar-refractivity contribution is 6.00. The number of hydrogen-bond acceptors (Lipinski definition) is 6. The molecule has 0 aliphatic heterocycles. The Hall–Kier alpha value is -3.80. The molecule has 30 heavy (non-hydrogen) atoms. The highest BCUT2D eigenvalue weighted by Gasteiger charge is 2.28. The second-order valence-electron chi connectivity index (χ2n) is 6.40. The molecular formula is C24H22O6. The van der Waals surface area contributed by atoms with Crippen molar-refractivity contribution in [3.8, 4) is 11.5 Å². The predicted molar refractivity (Wildman–Crippen MR) is 111 cm³/mol. The zero-order valence-electron chi connectivity index (χ0n) is 16.7. The van der Waals surface area contributed by atoms with Crippen LogP contribution in [0.2, 0.25) is 0 Å².